The van der Waals surface area contributed by atoms with Gasteiger partial charge >= 0.3 is 0 Å². The zero-order valence-corrected chi connectivity index (χ0v) is 21.6. The van der Waals surface area contributed by atoms with E-state index < -0.39 is 0 Å². The molecule has 0 rings (SSSR count). The molecule has 0 bridgehead atoms. The van der Waals surface area contributed by atoms with Gasteiger partial charge in [0, 0.05) is 0 Å². The number of hydrogen-bond acceptors (Lipinski definition) is 1. The predicted molar refractivity (Wildman–Crippen MR) is 139 cm³/mol. The van der Waals surface area contributed by atoms with E-state index in [1.165, 1.54) is 68.2 Å². The van der Waals surface area contributed by atoms with Crippen molar-refractivity contribution in [1.29, 1.82) is 0 Å². The highest BCUT2D eigenvalue weighted by atomic mass is 15.0. The molecular formula is C29H51N. The van der Waals surface area contributed by atoms with Crippen molar-refractivity contribution in [1.82, 2.24) is 4.90 Å². The molecule has 0 saturated carbocycles. The second-order valence-electron chi connectivity index (χ2n) is 9.64. The smallest absolute Gasteiger partial charge is 0.00218 e. The number of rotatable bonds is 16. The van der Waals surface area contributed by atoms with Crippen LogP contribution in [0, 0.1) is 5.92 Å². The number of hydrogen-bond donors (Lipinski definition) is 0. The number of allylic oxidation sites excluding steroid dienone is 10. The van der Waals surface area contributed by atoms with Crippen molar-refractivity contribution in [2.75, 3.05) is 20.6 Å². The van der Waals surface area contributed by atoms with Crippen LogP contribution < -0.4 is 0 Å². The normalized spacial score (nSPS) is 14.6. The zero-order chi connectivity index (χ0) is 22.8. The Morgan fingerprint density at radius 3 is 1.80 bits per heavy atom. The van der Waals surface area contributed by atoms with Crippen molar-refractivity contribution >= 4 is 0 Å². The van der Waals surface area contributed by atoms with Crippen LogP contribution in [0.4, 0.5) is 0 Å². The van der Waals surface area contributed by atoms with E-state index in [0.29, 0.717) is 5.92 Å². The van der Waals surface area contributed by atoms with Crippen LogP contribution in [0.5, 0.6) is 0 Å². The van der Waals surface area contributed by atoms with E-state index in [4.69, 9.17) is 0 Å². The largest absolute Gasteiger partial charge is 0.309 e. The monoisotopic (exact) mass is 413 g/mol. The van der Waals surface area contributed by atoms with Crippen LogP contribution in [0.1, 0.15) is 99.3 Å². The van der Waals surface area contributed by atoms with Crippen molar-refractivity contribution in [3.63, 3.8) is 0 Å². The summed E-state index contributed by atoms with van der Waals surface area (Å²) >= 11 is 0. The second-order valence-corrected chi connectivity index (χ2v) is 9.64. The van der Waals surface area contributed by atoms with Gasteiger partial charge in [-0.05, 0) is 119 Å². The number of unbranched alkanes of at least 4 members (excludes halogenated alkanes) is 1. The van der Waals surface area contributed by atoms with Gasteiger partial charge in [0.2, 0.25) is 0 Å². The first-order valence-electron chi connectivity index (χ1n) is 12.1. The summed E-state index contributed by atoms with van der Waals surface area (Å²) in [6, 6.07) is 0. The molecule has 172 valence electrons. The van der Waals surface area contributed by atoms with Crippen LogP contribution in [0.15, 0.2) is 58.7 Å². The zero-order valence-electron chi connectivity index (χ0n) is 21.6. The first-order valence-corrected chi connectivity index (χ1v) is 12.1. The van der Waals surface area contributed by atoms with Gasteiger partial charge in [0.05, 0.1) is 0 Å². The molecule has 0 saturated heterocycles. The van der Waals surface area contributed by atoms with Crippen LogP contribution >= 0.6 is 0 Å². The van der Waals surface area contributed by atoms with Crippen LogP contribution in [0.25, 0.3) is 0 Å². The minimum atomic E-state index is 0.647. The molecule has 0 aliphatic heterocycles. The van der Waals surface area contributed by atoms with Gasteiger partial charge in [-0.15, -0.1) is 0 Å². The molecule has 0 aromatic rings. The third kappa shape index (κ3) is 20.0. The highest BCUT2D eigenvalue weighted by Gasteiger charge is 1.96. The third-order valence-corrected chi connectivity index (χ3v) is 5.43. The van der Waals surface area contributed by atoms with Gasteiger partial charge in [0.25, 0.3) is 0 Å². The summed E-state index contributed by atoms with van der Waals surface area (Å²) in [6.07, 6.45) is 25.1. The van der Waals surface area contributed by atoms with Gasteiger partial charge in [-0.3, -0.25) is 0 Å². The maximum Gasteiger partial charge on any atom is -0.00218 e. The summed E-state index contributed by atoms with van der Waals surface area (Å²) in [5.41, 5.74) is 6.02. The predicted octanol–water partition coefficient (Wildman–Crippen LogP) is 9.06. The molecule has 0 spiro atoms. The minimum absolute atomic E-state index is 0.647. The lowest BCUT2D eigenvalue weighted by Crippen LogP contribution is -2.12. The average molecular weight is 414 g/mol. The topological polar surface area (TPSA) is 3.24 Å². The minimum Gasteiger partial charge on any atom is -0.309 e. The summed E-state index contributed by atoms with van der Waals surface area (Å²) in [5.74, 6) is 0.647. The van der Waals surface area contributed by atoms with E-state index in [2.05, 4.69) is 97.0 Å². The fourth-order valence-corrected chi connectivity index (χ4v) is 3.33. The van der Waals surface area contributed by atoms with Gasteiger partial charge in [-0.25, -0.2) is 0 Å². The maximum absolute atomic E-state index is 2.44. The summed E-state index contributed by atoms with van der Waals surface area (Å²) < 4.78 is 0. The molecule has 0 amide bonds. The van der Waals surface area contributed by atoms with E-state index in [1.54, 1.807) is 5.57 Å². The first-order chi connectivity index (χ1) is 14.2. The molecule has 0 aromatic heterocycles. The quantitative estimate of drug-likeness (QED) is 0.180. The van der Waals surface area contributed by atoms with E-state index >= 15 is 0 Å². The Kier molecular flexibility index (Phi) is 17.6. The highest BCUT2D eigenvalue weighted by molar-refractivity contribution is 5.06. The van der Waals surface area contributed by atoms with E-state index in [9.17, 15) is 0 Å². The molecule has 0 aromatic carbocycles. The molecular weight excluding hydrogens is 362 g/mol. The Morgan fingerprint density at radius 2 is 1.23 bits per heavy atom. The summed E-state index contributed by atoms with van der Waals surface area (Å²) in [4.78, 5) is 2.26. The molecule has 1 atom stereocenters. The maximum atomic E-state index is 2.44. The lowest BCUT2D eigenvalue weighted by Gasteiger charge is -2.09. The Balaban J connectivity index is 3.99. The van der Waals surface area contributed by atoms with Crippen molar-refractivity contribution in [3.05, 3.63) is 58.7 Å². The Bertz CT molecular complexity index is 579. The Hall–Kier alpha value is -1.34. The van der Waals surface area contributed by atoms with E-state index in [1.807, 2.05) is 0 Å². The Labute approximate surface area is 189 Å². The molecule has 1 unspecified atom stereocenters. The molecule has 0 heterocycles. The molecule has 0 aliphatic carbocycles. The standard InChI is InChI=1S/C29H51N/c1-25(2)22-23-29(6)18-12-11-16-26(3)15-9-10-17-27(4)19-13-20-28(5)21-14-24-30(7)8/h12,15,17-18,20,22,29H,9-11,13-14,16,19,21,23-24H2,1-8H3/b18-12+,26-15+,27-17+,28-20+. The van der Waals surface area contributed by atoms with Crippen LogP contribution in [0.2, 0.25) is 0 Å². The fraction of sp³-hybridized carbons (Fsp3) is 0.655. The summed E-state index contributed by atoms with van der Waals surface area (Å²) in [7, 11) is 4.30. The van der Waals surface area contributed by atoms with Crippen molar-refractivity contribution in [2.45, 2.75) is 99.3 Å². The van der Waals surface area contributed by atoms with Crippen molar-refractivity contribution < 1.29 is 0 Å². The van der Waals surface area contributed by atoms with Gasteiger partial charge < -0.3 is 4.90 Å². The molecule has 0 fully saturated rings. The number of nitrogens with zero attached hydrogens (tertiary/aromatic N) is 1. The average Bonchev–Trinajstić information content (AvgIpc) is 2.66. The van der Waals surface area contributed by atoms with Gasteiger partial charge in [-0.1, -0.05) is 65.7 Å². The van der Waals surface area contributed by atoms with E-state index in [-0.39, 0.29) is 0 Å². The van der Waals surface area contributed by atoms with Crippen LogP contribution in [0.3, 0.4) is 0 Å². The van der Waals surface area contributed by atoms with Crippen LogP contribution in [-0.2, 0) is 0 Å². The van der Waals surface area contributed by atoms with Gasteiger partial charge in [0.15, 0.2) is 0 Å². The van der Waals surface area contributed by atoms with Crippen molar-refractivity contribution in [2.24, 2.45) is 5.92 Å². The lowest BCUT2D eigenvalue weighted by molar-refractivity contribution is 0.400. The third-order valence-electron chi connectivity index (χ3n) is 5.43. The van der Waals surface area contributed by atoms with Crippen LogP contribution in [-0.4, -0.2) is 25.5 Å². The van der Waals surface area contributed by atoms with Gasteiger partial charge in [-0.2, -0.15) is 0 Å². The molecule has 0 N–H and O–H groups in total. The SMILES string of the molecule is CC(C)=CCC(C)/C=C/CC/C(C)=C/CC/C=C(\C)CC/C=C(\C)CCCN(C)C. The highest BCUT2D eigenvalue weighted by Crippen LogP contribution is 2.13. The molecule has 1 heteroatoms. The molecule has 30 heavy (non-hydrogen) atoms. The molecule has 0 radical (unpaired) electrons. The van der Waals surface area contributed by atoms with Crippen molar-refractivity contribution in [3.8, 4) is 0 Å². The second kappa shape index (κ2) is 18.4. The lowest BCUT2D eigenvalue weighted by atomic mass is 10.0. The van der Waals surface area contributed by atoms with E-state index in [0.717, 1.165) is 12.8 Å². The first kappa shape index (κ1) is 28.7. The summed E-state index contributed by atoms with van der Waals surface area (Å²) in [5, 5.41) is 0. The van der Waals surface area contributed by atoms with Gasteiger partial charge in [0.1, 0.15) is 0 Å². The fourth-order valence-electron chi connectivity index (χ4n) is 3.33. The Morgan fingerprint density at radius 1 is 0.700 bits per heavy atom. The summed E-state index contributed by atoms with van der Waals surface area (Å²) in [6.45, 7) is 14.7. The molecule has 0 aliphatic rings. The molecule has 1 nitrogen and oxygen atoms in total.